The summed E-state index contributed by atoms with van der Waals surface area (Å²) in [5.74, 6) is 0. The lowest BCUT2D eigenvalue weighted by atomic mass is 10.7. The lowest BCUT2D eigenvalue weighted by Gasteiger charge is -2.00. The highest BCUT2D eigenvalue weighted by atomic mass is 79.9. The summed E-state index contributed by atoms with van der Waals surface area (Å²) in [7, 11) is 0. The molecule has 0 aromatic carbocycles. The minimum atomic E-state index is -1.39. The van der Waals surface area contributed by atoms with Gasteiger partial charge in [0.05, 0.1) is 0 Å². The van der Waals surface area contributed by atoms with Crippen LogP contribution in [0.3, 0.4) is 0 Å². The van der Waals surface area contributed by atoms with Crippen LogP contribution in [0.1, 0.15) is 0 Å². The lowest BCUT2D eigenvalue weighted by molar-refractivity contribution is -0.574. The summed E-state index contributed by atoms with van der Waals surface area (Å²) in [6.45, 7) is 0. The molecule has 0 bridgehead atoms. The third kappa shape index (κ3) is 2.56. The van der Waals surface area contributed by atoms with Gasteiger partial charge in [0.15, 0.2) is 0 Å². The molecule has 2 atom stereocenters. The van der Waals surface area contributed by atoms with Crippen molar-refractivity contribution in [1.29, 1.82) is 0 Å². The first-order valence-electron chi connectivity index (χ1n) is 2.02. The van der Waals surface area contributed by atoms with Crippen LogP contribution in [0.2, 0.25) is 0 Å². The molecule has 0 aromatic heterocycles. The summed E-state index contributed by atoms with van der Waals surface area (Å²) in [5.41, 5.74) is 0. The normalized spacial score (nSPS) is 15.8. The van der Waals surface area contributed by atoms with Crippen LogP contribution < -0.4 is 0 Å². The average Bonchev–Trinajstić information content (AvgIpc) is 1.84. The van der Waals surface area contributed by atoms with E-state index < -0.39 is 19.7 Å². The van der Waals surface area contributed by atoms with Crippen LogP contribution in [0.15, 0.2) is 0 Å². The second kappa shape index (κ2) is 3.81. The zero-order chi connectivity index (χ0) is 8.31. The number of nitrogens with zero attached hydrogens (tertiary/aromatic N) is 2. The van der Waals surface area contributed by atoms with Crippen molar-refractivity contribution in [2.75, 3.05) is 0 Å². The highest BCUT2D eigenvalue weighted by Crippen LogP contribution is 2.14. The summed E-state index contributed by atoms with van der Waals surface area (Å²) < 4.78 is 0. The minimum absolute atomic E-state index is 0.789. The van der Waals surface area contributed by atoms with Gasteiger partial charge in [-0.2, -0.15) is 0 Å². The van der Waals surface area contributed by atoms with Gasteiger partial charge in [-0.15, -0.1) is 0 Å². The van der Waals surface area contributed by atoms with Crippen molar-refractivity contribution < 1.29 is 9.85 Å². The topological polar surface area (TPSA) is 86.3 Å². The summed E-state index contributed by atoms with van der Waals surface area (Å²) in [5, 5.41) is 19.7. The zero-order valence-electron chi connectivity index (χ0n) is 4.44. The van der Waals surface area contributed by atoms with E-state index >= 15 is 0 Å². The molecule has 0 rings (SSSR count). The van der Waals surface area contributed by atoms with Crippen molar-refractivity contribution in [1.82, 2.24) is 0 Å². The maximum Gasteiger partial charge on any atom is 0.341 e. The van der Waals surface area contributed by atoms with Crippen molar-refractivity contribution in [3.05, 3.63) is 20.2 Å². The van der Waals surface area contributed by atoms with Crippen molar-refractivity contribution in [3.63, 3.8) is 0 Å². The molecule has 8 heteroatoms. The maximum absolute atomic E-state index is 9.87. The average molecular weight is 278 g/mol. The molecule has 0 fully saturated rings. The van der Waals surface area contributed by atoms with E-state index in [1.165, 1.54) is 0 Å². The molecule has 0 saturated heterocycles. The van der Waals surface area contributed by atoms with Gasteiger partial charge in [0, 0.05) is 41.7 Å². The van der Waals surface area contributed by atoms with Crippen LogP contribution in [-0.2, 0) is 0 Å². The summed E-state index contributed by atoms with van der Waals surface area (Å²) in [6.07, 6.45) is 0. The molecule has 0 spiro atoms. The van der Waals surface area contributed by atoms with Crippen LogP contribution >= 0.6 is 31.9 Å². The van der Waals surface area contributed by atoms with E-state index in [1.54, 1.807) is 0 Å². The second-order valence-electron chi connectivity index (χ2n) is 1.32. The quantitative estimate of drug-likeness (QED) is 0.333. The van der Waals surface area contributed by atoms with E-state index in [1.807, 2.05) is 0 Å². The van der Waals surface area contributed by atoms with Crippen molar-refractivity contribution in [3.8, 4) is 0 Å². The smallest absolute Gasteiger partial charge is 0.263 e. The van der Waals surface area contributed by atoms with E-state index in [0.717, 1.165) is 0 Å². The van der Waals surface area contributed by atoms with E-state index in [0.29, 0.717) is 0 Å². The van der Waals surface area contributed by atoms with E-state index in [2.05, 4.69) is 31.9 Å². The summed E-state index contributed by atoms with van der Waals surface area (Å²) in [6, 6.07) is 0. The molecule has 6 nitrogen and oxygen atoms in total. The third-order valence-corrected chi connectivity index (χ3v) is 3.01. The highest BCUT2D eigenvalue weighted by molar-refractivity contribution is 9.12. The van der Waals surface area contributed by atoms with Crippen molar-refractivity contribution in [2.45, 2.75) is 9.90 Å². The molecule has 0 saturated carbocycles. The zero-order valence-corrected chi connectivity index (χ0v) is 7.61. The molecule has 0 heterocycles. The number of hydrogen-bond donors (Lipinski definition) is 0. The van der Waals surface area contributed by atoms with Gasteiger partial charge >= 0.3 is 9.90 Å². The van der Waals surface area contributed by atoms with Crippen LogP contribution in [0, 0.1) is 20.2 Å². The van der Waals surface area contributed by atoms with Gasteiger partial charge in [-0.05, 0) is 0 Å². The monoisotopic (exact) mass is 276 g/mol. The SMILES string of the molecule is O=[N+]([O-])C(Br)C(Br)[N+](=O)[O-]. The first kappa shape index (κ1) is 9.76. The van der Waals surface area contributed by atoms with E-state index in [-0.39, 0.29) is 0 Å². The Morgan fingerprint density at radius 3 is 1.30 bits per heavy atom. The van der Waals surface area contributed by atoms with Crippen molar-refractivity contribution >= 4 is 31.9 Å². The van der Waals surface area contributed by atoms with Crippen LogP contribution in [-0.4, -0.2) is 19.7 Å². The number of rotatable bonds is 3. The molecule has 58 valence electrons. The fourth-order valence-corrected chi connectivity index (χ4v) is 0.587. The molecule has 0 aromatic rings. The van der Waals surface area contributed by atoms with E-state index in [9.17, 15) is 20.2 Å². The van der Waals surface area contributed by atoms with Gasteiger partial charge in [-0.25, -0.2) is 0 Å². The number of alkyl halides is 2. The number of hydrogen-bond acceptors (Lipinski definition) is 4. The Balaban J connectivity index is 4.07. The first-order valence-corrected chi connectivity index (χ1v) is 3.85. The summed E-state index contributed by atoms with van der Waals surface area (Å²) in [4.78, 5) is 15.4. The molecule has 0 aliphatic carbocycles. The third-order valence-electron chi connectivity index (χ3n) is 0.630. The maximum atomic E-state index is 9.87. The number of nitro groups is 2. The van der Waals surface area contributed by atoms with Gasteiger partial charge in [0.2, 0.25) is 0 Å². The first-order chi connectivity index (χ1) is 4.46. The Kier molecular flexibility index (Phi) is 3.72. The van der Waals surface area contributed by atoms with Crippen molar-refractivity contribution in [2.24, 2.45) is 0 Å². The second-order valence-corrected chi connectivity index (χ2v) is 3.19. The van der Waals surface area contributed by atoms with Crippen LogP contribution in [0.5, 0.6) is 0 Å². The lowest BCUT2D eigenvalue weighted by Crippen LogP contribution is -2.29. The Hall–Kier alpha value is -0.240. The van der Waals surface area contributed by atoms with Crippen LogP contribution in [0.25, 0.3) is 0 Å². The van der Waals surface area contributed by atoms with Gasteiger partial charge in [-0.3, -0.25) is 20.2 Å². The molecule has 0 radical (unpaired) electrons. The van der Waals surface area contributed by atoms with Gasteiger partial charge in [0.1, 0.15) is 0 Å². The highest BCUT2D eigenvalue weighted by Gasteiger charge is 2.35. The Morgan fingerprint density at radius 2 is 1.20 bits per heavy atom. The number of halogens is 2. The van der Waals surface area contributed by atoms with E-state index in [4.69, 9.17) is 0 Å². The minimum Gasteiger partial charge on any atom is -0.263 e. The van der Waals surface area contributed by atoms with Crippen LogP contribution in [0.4, 0.5) is 0 Å². The molecular formula is C2H2Br2N2O4. The fraction of sp³-hybridized carbons (Fsp3) is 1.00. The molecule has 0 aliphatic heterocycles. The fourth-order valence-electron chi connectivity index (χ4n) is 0.201. The molecule has 10 heavy (non-hydrogen) atoms. The Morgan fingerprint density at radius 1 is 1.00 bits per heavy atom. The molecule has 0 aliphatic rings. The van der Waals surface area contributed by atoms with Gasteiger partial charge in [0.25, 0.3) is 0 Å². The summed E-state index contributed by atoms with van der Waals surface area (Å²) >= 11 is 5.04. The van der Waals surface area contributed by atoms with Gasteiger partial charge in [-0.1, -0.05) is 0 Å². The molecular weight excluding hydrogens is 276 g/mol. The standard InChI is InChI=1S/C2H2Br2N2O4/c3-1(5(7)8)2(4)6(9)10/h1-2H. The largest absolute Gasteiger partial charge is 0.341 e. The Labute approximate surface area is 72.1 Å². The molecule has 2 unspecified atom stereocenters. The predicted octanol–water partition coefficient (Wildman–Crippen LogP) is 0.982. The van der Waals surface area contributed by atoms with Gasteiger partial charge < -0.3 is 0 Å². The Bertz CT molecular complexity index is 143. The molecule has 0 N–H and O–H groups in total. The molecule has 0 amide bonds. The predicted molar refractivity (Wildman–Crippen MR) is 39.4 cm³/mol.